The lowest BCUT2D eigenvalue weighted by atomic mass is 10.0. The number of rotatable bonds is 5. The summed E-state index contributed by atoms with van der Waals surface area (Å²) in [6.45, 7) is 6.29. The Morgan fingerprint density at radius 2 is 2.20 bits per heavy atom. The number of benzene rings is 1. The molecule has 0 fully saturated rings. The van der Waals surface area contributed by atoms with E-state index in [0.29, 0.717) is 5.92 Å². The van der Waals surface area contributed by atoms with Gasteiger partial charge in [0.15, 0.2) is 0 Å². The van der Waals surface area contributed by atoms with Crippen molar-refractivity contribution in [2.75, 3.05) is 5.32 Å². The molecule has 0 unspecified atom stereocenters. The Balaban J connectivity index is 2.08. The summed E-state index contributed by atoms with van der Waals surface area (Å²) in [7, 11) is 0. The number of hydrogen-bond acceptors (Lipinski definition) is 3. The van der Waals surface area contributed by atoms with Gasteiger partial charge in [0.25, 0.3) is 5.91 Å². The molecule has 0 aliphatic rings. The maximum atomic E-state index is 12.1. The number of nitrogens with zero attached hydrogens (tertiary/aromatic N) is 2. The number of aryl methyl sites for hydroxylation is 1. The molecule has 5 nitrogen and oxygen atoms in total. The number of carbonyl (C=O) groups is 1. The van der Waals surface area contributed by atoms with Crippen LogP contribution in [0.5, 0.6) is 0 Å². The van der Waals surface area contributed by atoms with Crippen LogP contribution in [-0.2, 0) is 6.42 Å². The van der Waals surface area contributed by atoms with Crippen LogP contribution in [0.3, 0.4) is 0 Å². The van der Waals surface area contributed by atoms with E-state index >= 15 is 0 Å². The number of aromatic nitrogens is 3. The van der Waals surface area contributed by atoms with Gasteiger partial charge in [-0.25, -0.2) is 4.98 Å². The molecule has 2 N–H and O–H groups in total. The summed E-state index contributed by atoms with van der Waals surface area (Å²) in [4.78, 5) is 16.2. The lowest BCUT2D eigenvalue weighted by Gasteiger charge is -2.08. The molecule has 0 atom stereocenters. The van der Waals surface area contributed by atoms with Gasteiger partial charge in [-0.3, -0.25) is 9.89 Å². The number of nitrogens with one attached hydrogen (secondary N) is 2. The molecular formula is C15H20N4O. The van der Waals surface area contributed by atoms with E-state index in [9.17, 15) is 4.79 Å². The van der Waals surface area contributed by atoms with Gasteiger partial charge in [0, 0.05) is 12.1 Å². The first-order valence-electron chi connectivity index (χ1n) is 6.92. The average molecular weight is 272 g/mol. The van der Waals surface area contributed by atoms with E-state index in [2.05, 4.69) is 41.3 Å². The second-order valence-electron chi connectivity index (χ2n) is 5.09. The molecule has 0 radical (unpaired) electrons. The fourth-order valence-corrected chi connectivity index (χ4v) is 1.91. The highest BCUT2D eigenvalue weighted by Gasteiger charge is 2.12. The summed E-state index contributed by atoms with van der Waals surface area (Å²) in [5, 5.41) is 9.55. The lowest BCUT2D eigenvalue weighted by Crippen LogP contribution is -2.14. The third-order valence-electron chi connectivity index (χ3n) is 3.03. The van der Waals surface area contributed by atoms with Crippen molar-refractivity contribution in [2.24, 2.45) is 0 Å². The quantitative estimate of drug-likeness (QED) is 0.878. The van der Waals surface area contributed by atoms with Gasteiger partial charge < -0.3 is 5.32 Å². The third kappa shape index (κ3) is 3.44. The van der Waals surface area contributed by atoms with Gasteiger partial charge in [0.2, 0.25) is 5.82 Å². The molecule has 0 aliphatic carbocycles. The molecule has 1 aromatic heterocycles. The fraction of sp³-hybridized carbons (Fsp3) is 0.400. The van der Waals surface area contributed by atoms with E-state index in [-0.39, 0.29) is 11.7 Å². The third-order valence-corrected chi connectivity index (χ3v) is 3.03. The van der Waals surface area contributed by atoms with E-state index in [0.717, 1.165) is 24.4 Å². The molecule has 0 bridgehead atoms. The zero-order chi connectivity index (χ0) is 14.5. The highest BCUT2D eigenvalue weighted by Crippen LogP contribution is 2.18. The van der Waals surface area contributed by atoms with Crippen LogP contribution < -0.4 is 5.32 Å². The van der Waals surface area contributed by atoms with Gasteiger partial charge in [0.1, 0.15) is 5.82 Å². The van der Waals surface area contributed by atoms with Crippen LogP contribution in [-0.4, -0.2) is 21.1 Å². The van der Waals surface area contributed by atoms with Crippen molar-refractivity contribution in [3.05, 3.63) is 41.5 Å². The summed E-state index contributed by atoms with van der Waals surface area (Å²) >= 11 is 0. The van der Waals surface area contributed by atoms with Gasteiger partial charge in [-0.2, -0.15) is 0 Å². The van der Waals surface area contributed by atoms with Gasteiger partial charge in [-0.1, -0.05) is 32.9 Å². The molecule has 0 spiro atoms. The minimum atomic E-state index is -0.287. The minimum Gasteiger partial charge on any atom is -0.319 e. The van der Waals surface area contributed by atoms with Crippen LogP contribution in [0.1, 0.15) is 55.1 Å². The predicted octanol–water partition coefficient (Wildman–Crippen LogP) is 3.13. The number of H-pyrrole nitrogens is 1. The van der Waals surface area contributed by atoms with E-state index < -0.39 is 0 Å². The van der Waals surface area contributed by atoms with Gasteiger partial charge in [-0.05, 0) is 30.0 Å². The van der Waals surface area contributed by atoms with Crippen molar-refractivity contribution in [1.82, 2.24) is 15.2 Å². The predicted molar refractivity (Wildman–Crippen MR) is 78.9 cm³/mol. The molecule has 1 amide bonds. The number of anilines is 1. The van der Waals surface area contributed by atoms with Crippen LogP contribution in [0.15, 0.2) is 24.3 Å². The monoisotopic (exact) mass is 272 g/mol. The van der Waals surface area contributed by atoms with Gasteiger partial charge >= 0.3 is 0 Å². The molecule has 1 heterocycles. The molecule has 0 saturated heterocycles. The maximum Gasteiger partial charge on any atom is 0.295 e. The van der Waals surface area contributed by atoms with Crippen LogP contribution in [0.25, 0.3) is 0 Å². The molecule has 0 saturated carbocycles. The largest absolute Gasteiger partial charge is 0.319 e. The second-order valence-corrected chi connectivity index (χ2v) is 5.09. The molecule has 2 rings (SSSR count). The van der Waals surface area contributed by atoms with Gasteiger partial charge in [-0.15, -0.1) is 5.10 Å². The van der Waals surface area contributed by atoms with Crippen LogP contribution in [0.2, 0.25) is 0 Å². The number of hydrogen-bond donors (Lipinski definition) is 2. The minimum absolute atomic E-state index is 0.184. The van der Waals surface area contributed by atoms with E-state index in [1.54, 1.807) is 0 Å². The Kier molecular flexibility index (Phi) is 4.50. The zero-order valence-electron chi connectivity index (χ0n) is 12.1. The van der Waals surface area contributed by atoms with Crippen molar-refractivity contribution in [2.45, 2.75) is 39.5 Å². The summed E-state index contributed by atoms with van der Waals surface area (Å²) in [6.07, 6.45) is 1.76. The fourth-order valence-electron chi connectivity index (χ4n) is 1.91. The lowest BCUT2D eigenvalue weighted by molar-refractivity contribution is 0.101. The van der Waals surface area contributed by atoms with Crippen LogP contribution in [0.4, 0.5) is 5.69 Å². The van der Waals surface area contributed by atoms with Crippen LogP contribution >= 0.6 is 0 Å². The highest BCUT2D eigenvalue weighted by molar-refractivity contribution is 6.01. The topological polar surface area (TPSA) is 70.7 Å². The van der Waals surface area contributed by atoms with Crippen molar-refractivity contribution in [3.63, 3.8) is 0 Å². The Labute approximate surface area is 118 Å². The summed E-state index contributed by atoms with van der Waals surface area (Å²) in [5.41, 5.74) is 1.95. The van der Waals surface area contributed by atoms with E-state index in [1.807, 2.05) is 24.3 Å². The van der Waals surface area contributed by atoms with Crippen molar-refractivity contribution in [1.29, 1.82) is 0 Å². The first kappa shape index (κ1) is 14.2. The Bertz CT molecular complexity index is 589. The standard InChI is InChI=1S/C15H20N4O/c1-4-6-13-17-14(19-18-13)15(20)16-12-8-5-7-11(9-12)10(2)3/h5,7-10H,4,6H2,1-3H3,(H,16,20)(H,17,18,19). The van der Waals surface area contributed by atoms with Gasteiger partial charge in [0.05, 0.1) is 0 Å². The van der Waals surface area contributed by atoms with Crippen molar-refractivity contribution >= 4 is 11.6 Å². The molecule has 106 valence electrons. The molecule has 0 aliphatic heterocycles. The number of carbonyl (C=O) groups excluding carboxylic acids is 1. The van der Waals surface area contributed by atoms with E-state index in [1.165, 1.54) is 5.56 Å². The summed E-state index contributed by atoms with van der Waals surface area (Å²) in [6, 6.07) is 7.82. The van der Waals surface area contributed by atoms with E-state index in [4.69, 9.17) is 0 Å². The molecule has 2 aromatic rings. The Morgan fingerprint density at radius 3 is 2.90 bits per heavy atom. The van der Waals surface area contributed by atoms with Crippen LogP contribution in [0, 0.1) is 0 Å². The molecule has 1 aromatic carbocycles. The first-order chi connectivity index (χ1) is 9.60. The second kappa shape index (κ2) is 6.32. The smallest absolute Gasteiger partial charge is 0.295 e. The Morgan fingerprint density at radius 1 is 1.40 bits per heavy atom. The Hall–Kier alpha value is -2.17. The number of aromatic amines is 1. The highest BCUT2D eigenvalue weighted by atomic mass is 16.2. The first-order valence-corrected chi connectivity index (χ1v) is 6.92. The average Bonchev–Trinajstić information content (AvgIpc) is 2.88. The SMILES string of the molecule is CCCc1nc(C(=O)Nc2cccc(C(C)C)c2)n[nH]1. The molecule has 5 heteroatoms. The maximum absolute atomic E-state index is 12.1. The molecular weight excluding hydrogens is 252 g/mol. The van der Waals surface area contributed by atoms with Crippen molar-refractivity contribution < 1.29 is 4.79 Å². The zero-order valence-corrected chi connectivity index (χ0v) is 12.1. The number of amides is 1. The molecule has 20 heavy (non-hydrogen) atoms. The van der Waals surface area contributed by atoms with Crippen molar-refractivity contribution in [3.8, 4) is 0 Å². The summed E-state index contributed by atoms with van der Waals surface area (Å²) < 4.78 is 0. The summed E-state index contributed by atoms with van der Waals surface area (Å²) in [5.74, 6) is 1.06. The normalized spacial score (nSPS) is 10.8.